The lowest BCUT2D eigenvalue weighted by Gasteiger charge is -2.35. The molecule has 1 aliphatic rings. The second-order valence-corrected chi connectivity index (χ2v) is 5.65. The van der Waals surface area contributed by atoms with Crippen LogP contribution >= 0.6 is 0 Å². The van der Waals surface area contributed by atoms with Crippen LogP contribution in [0.5, 0.6) is 0 Å². The maximum atomic E-state index is 13.9. The molecule has 1 heterocycles. The smallest absolute Gasteiger partial charge is 0.256 e. The van der Waals surface area contributed by atoms with Crippen LogP contribution in [0.3, 0.4) is 0 Å². The molecule has 112 valence electrons. The van der Waals surface area contributed by atoms with Crippen LogP contribution in [-0.4, -0.2) is 35.6 Å². The number of halogens is 1. The van der Waals surface area contributed by atoms with E-state index in [9.17, 15) is 9.18 Å². The summed E-state index contributed by atoms with van der Waals surface area (Å²) >= 11 is 0. The molecule has 1 N–H and O–H groups in total. The first-order chi connectivity index (χ1) is 10.0. The molecule has 1 aromatic carbocycles. The van der Waals surface area contributed by atoms with Crippen molar-refractivity contribution in [2.75, 3.05) is 19.7 Å². The van der Waals surface area contributed by atoms with Gasteiger partial charge in [-0.15, -0.1) is 0 Å². The van der Waals surface area contributed by atoms with Crippen molar-refractivity contribution >= 4 is 5.91 Å². The number of hydrogen-bond donors (Lipinski definition) is 1. The molecule has 1 saturated heterocycles. The van der Waals surface area contributed by atoms with E-state index in [1.807, 2.05) is 0 Å². The van der Waals surface area contributed by atoms with E-state index in [0.717, 1.165) is 6.42 Å². The van der Waals surface area contributed by atoms with E-state index in [0.29, 0.717) is 30.5 Å². The minimum Gasteiger partial charge on any atom is -0.384 e. The molecule has 2 atom stereocenters. The summed E-state index contributed by atoms with van der Waals surface area (Å²) in [5.74, 6) is 5.40. The van der Waals surface area contributed by atoms with Gasteiger partial charge >= 0.3 is 0 Å². The first-order valence-corrected chi connectivity index (χ1v) is 7.21. The van der Waals surface area contributed by atoms with E-state index in [1.54, 1.807) is 4.90 Å². The number of rotatable bonds is 1. The Morgan fingerprint density at radius 1 is 1.43 bits per heavy atom. The van der Waals surface area contributed by atoms with Gasteiger partial charge in [0.15, 0.2) is 0 Å². The summed E-state index contributed by atoms with van der Waals surface area (Å²) in [6, 6.07) is 4.23. The topological polar surface area (TPSA) is 40.5 Å². The Bertz CT molecular complexity index is 588. The van der Waals surface area contributed by atoms with Crippen molar-refractivity contribution < 1.29 is 14.3 Å². The molecule has 0 aromatic heterocycles. The van der Waals surface area contributed by atoms with Gasteiger partial charge in [0.2, 0.25) is 0 Å². The molecule has 0 bridgehead atoms. The molecule has 0 radical (unpaired) electrons. The predicted molar refractivity (Wildman–Crippen MR) is 79.2 cm³/mol. The SMILES string of the molecule is CC1CCN(C(=O)c2cc(C#CCO)ccc2F)CC1C. The van der Waals surface area contributed by atoms with E-state index in [1.165, 1.54) is 18.2 Å². The summed E-state index contributed by atoms with van der Waals surface area (Å²) in [7, 11) is 0. The molecule has 2 unspecified atom stereocenters. The van der Waals surface area contributed by atoms with Crippen LogP contribution in [0.2, 0.25) is 0 Å². The molecular formula is C17H20FNO2. The molecule has 0 spiro atoms. The van der Waals surface area contributed by atoms with Gasteiger partial charge in [-0.25, -0.2) is 4.39 Å². The number of benzene rings is 1. The van der Waals surface area contributed by atoms with Crippen LogP contribution in [0.4, 0.5) is 4.39 Å². The summed E-state index contributed by atoms with van der Waals surface area (Å²) in [6.07, 6.45) is 0.943. The second kappa shape index (κ2) is 6.73. The molecule has 1 fully saturated rings. The van der Waals surface area contributed by atoms with Gasteiger partial charge in [0.25, 0.3) is 5.91 Å². The van der Waals surface area contributed by atoms with Gasteiger partial charge in [-0.05, 0) is 36.5 Å². The Kier molecular flexibility index (Phi) is 4.98. The summed E-state index contributed by atoms with van der Waals surface area (Å²) in [6.45, 7) is 5.35. The molecule has 21 heavy (non-hydrogen) atoms. The number of carbonyl (C=O) groups is 1. The number of carbonyl (C=O) groups excluding carboxylic acids is 1. The fourth-order valence-corrected chi connectivity index (χ4v) is 2.53. The Morgan fingerprint density at radius 2 is 2.19 bits per heavy atom. The Balaban J connectivity index is 2.22. The standard InChI is InChI=1S/C17H20FNO2/c1-12-7-8-19(11-13(12)2)17(21)15-10-14(4-3-9-20)5-6-16(15)18/h5-6,10,12-13,20H,7-9,11H2,1-2H3. The molecule has 4 heteroatoms. The van der Waals surface area contributed by atoms with Crippen LogP contribution in [0.1, 0.15) is 36.2 Å². The third-order valence-corrected chi connectivity index (χ3v) is 4.13. The van der Waals surface area contributed by atoms with E-state index in [4.69, 9.17) is 5.11 Å². The third kappa shape index (κ3) is 3.62. The van der Waals surface area contributed by atoms with Crippen LogP contribution < -0.4 is 0 Å². The fraction of sp³-hybridized carbons (Fsp3) is 0.471. The van der Waals surface area contributed by atoms with Gasteiger partial charge < -0.3 is 10.0 Å². The lowest BCUT2D eigenvalue weighted by atomic mass is 9.88. The highest BCUT2D eigenvalue weighted by molar-refractivity contribution is 5.95. The highest BCUT2D eigenvalue weighted by Gasteiger charge is 2.27. The van der Waals surface area contributed by atoms with Crippen molar-refractivity contribution in [3.8, 4) is 11.8 Å². The zero-order valence-corrected chi connectivity index (χ0v) is 12.4. The summed E-state index contributed by atoms with van der Waals surface area (Å²) in [4.78, 5) is 14.2. The van der Waals surface area contributed by atoms with Crippen molar-refractivity contribution in [3.05, 3.63) is 35.1 Å². The monoisotopic (exact) mass is 289 g/mol. The Labute approximate surface area is 124 Å². The van der Waals surface area contributed by atoms with Gasteiger partial charge in [-0.3, -0.25) is 4.79 Å². The highest BCUT2D eigenvalue weighted by atomic mass is 19.1. The largest absolute Gasteiger partial charge is 0.384 e. The average molecular weight is 289 g/mol. The Morgan fingerprint density at radius 3 is 2.86 bits per heavy atom. The van der Waals surface area contributed by atoms with Crippen LogP contribution in [0.15, 0.2) is 18.2 Å². The van der Waals surface area contributed by atoms with Crippen molar-refractivity contribution in [2.45, 2.75) is 20.3 Å². The first kappa shape index (κ1) is 15.5. The predicted octanol–water partition coefficient (Wildman–Crippen LogP) is 2.29. The molecule has 2 rings (SSSR count). The van der Waals surface area contributed by atoms with Gasteiger partial charge in [-0.1, -0.05) is 25.7 Å². The summed E-state index contributed by atoms with van der Waals surface area (Å²) < 4.78 is 13.9. The molecule has 1 amide bonds. The number of aliphatic hydroxyl groups is 1. The van der Waals surface area contributed by atoms with Gasteiger partial charge in [0.1, 0.15) is 12.4 Å². The lowest BCUT2D eigenvalue weighted by Crippen LogP contribution is -2.42. The minimum atomic E-state index is -0.527. The summed E-state index contributed by atoms with van der Waals surface area (Å²) in [5.41, 5.74) is 0.591. The number of aliphatic hydroxyl groups excluding tert-OH is 1. The van der Waals surface area contributed by atoms with E-state index >= 15 is 0 Å². The molecule has 1 aliphatic heterocycles. The third-order valence-electron chi connectivity index (χ3n) is 4.13. The number of amides is 1. The maximum Gasteiger partial charge on any atom is 0.256 e. The van der Waals surface area contributed by atoms with Gasteiger partial charge in [0.05, 0.1) is 5.56 Å². The van der Waals surface area contributed by atoms with Crippen molar-refractivity contribution in [1.29, 1.82) is 0 Å². The van der Waals surface area contributed by atoms with E-state index < -0.39 is 5.82 Å². The average Bonchev–Trinajstić information content (AvgIpc) is 2.48. The zero-order valence-electron chi connectivity index (χ0n) is 12.4. The van der Waals surface area contributed by atoms with Crippen molar-refractivity contribution in [1.82, 2.24) is 4.90 Å². The number of piperidine rings is 1. The number of nitrogens with zero attached hydrogens (tertiary/aromatic N) is 1. The summed E-state index contributed by atoms with van der Waals surface area (Å²) in [5, 5.41) is 8.70. The van der Waals surface area contributed by atoms with Crippen LogP contribution in [0.25, 0.3) is 0 Å². The first-order valence-electron chi connectivity index (χ1n) is 7.21. The van der Waals surface area contributed by atoms with Gasteiger partial charge in [0, 0.05) is 18.7 Å². The van der Waals surface area contributed by atoms with Crippen molar-refractivity contribution in [3.63, 3.8) is 0 Å². The molecule has 1 aromatic rings. The molecule has 3 nitrogen and oxygen atoms in total. The Hall–Kier alpha value is -1.86. The fourth-order valence-electron chi connectivity index (χ4n) is 2.53. The number of hydrogen-bond acceptors (Lipinski definition) is 2. The maximum absolute atomic E-state index is 13.9. The van der Waals surface area contributed by atoms with E-state index in [-0.39, 0.29) is 18.1 Å². The molecule has 0 saturated carbocycles. The molecular weight excluding hydrogens is 269 g/mol. The normalized spacial score (nSPS) is 21.6. The zero-order chi connectivity index (χ0) is 15.4. The van der Waals surface area contributed by atoms with Crippen molar-refractivity contribution in [2.24, 2.45) is 11.8 Å². The van der Waals surface area contributed by atoms with Crippen LogP contribution in [0, 0.1) is 29.5 Å². The lowest BCUT2D eigenvalue weighted by molar-refractivity contribution is 0.0623. The molecule has 0 aliphatic carbocycles. The van der Waals surface area contributed by atoms with Gasteiger partial charge in [-0.2, -0.15) is 0 Å². The minimum absolute atomic E-state index is 0.0569. The highest BCUT2D eigenvalue weighted by Crippen LogP contribution is 2.24. The van der Waals surface area contributed by atoms with E-state index in [2.05, 4.69) is 25.7 Å². The number of likely N-dealkylation sites (tertiary alicyclic amines) is 1. The second-order valence-electron chi connectivity index (χ2n) is 5.65. The van der Waals surface area contributed by atoms with Crippen LogP contribution in [-0.2, 0) is 0 Å². The quantitative estimate of drug-likeness (QED) is 0.806.